The second-order valence-electron chi connectivity index (χ2n) is 10.0. The number of imidazole rings is 1. The highest BCUT2D eigenvalue weighted by Crippen LogP contribution is 2.39. The molecule has 2 saturated heterocycles. The zero-order valence-corrected chi connectivity index (χ0v) is 22.4. The smallest absolute Gasteiger partial charge is 0.416 e. The molecule has 2 aliphatic rings. The maximum Gasteiger partial charge on any atom is 0.416 e. The van der Waals surface area contributed by atoms with Crippen molar-refractivity contribution in [2.45, 2.75) is 37.9 Å². The fraction of sp³-hybridized carbons (Fsp3) is 0.321. The fourth-order valence-electron chi connectivity index (χ4n) is 5.45. The third kappa shape index (κ3) is 4.92. The zero-order valence-electron chi connectivity index (χ0n) is 22.4. The van der Waals surface area contributed by atoms with E-state index >= 15 is 0 Å². The number of nitrogens with one attached hydrogen (secondary N) is 1. The number of halogens is 3. The molecule has 1 aromatic carbocycles. The molecule has 1 unspecified atom stereocenters. The van der Waals surface area contributed by atoms with Crippen LogP contribution in [0.4, 0.5) is 29.6 Å². The van der Waals surface area contributed by atoms with Gasteiger partial charge >= 0.3 is 12.3 Å². The highest BCUT2D eigenvalue weighted by molar-refractivity contribution is 6.04. The molecule has 6 rings (SSSR count). The van der Waals surface area contributed by atoms with Crippen LogP contribution in [0.3, 0.4) is 0 Å². The second-order valence-corrected chi connectivity index (χ2v) is 10.0. The molecule has 4 aromatic rings. The number of rotatable bonds is 6. The standard InChI is InChI=1S/C28H26F3N7O4/c1-2-41-20-11-15(26(39)35-21-12-17(7-8-33-21)28(29,30)31)4-6-19(20)22-23-24(32)34-9-10-37(23)25(36-22)16-3-5-18-14-42-27(40)38(18)13-16/h4,6-12,16,18H,2-3,5,13-14H2,1H3,(H2,32,34)(H,33,35,39)/t16?,18-/m1/s1. The molecule has 2 fully saturated rings. The minimum atomic E-state index is -4.58. The molecule has 0 aliphatic carbocycles. The maximum absolute atomic E-state index is 13.1. The minimum absolute atomic E-state index is 0.0561. The summed E-state index contributed by atoms with van der Waals surface area (Å²) in [6, 6.07) is 6.30. The van der Waals surface area contributed by atoms with E-state index in [9.17, 15) is 22.8 Å². The number of pyridine rings is 1. The molecule has 0 spiro atoms. The Hall–Kier alpha value is -4.88. The van der Waals surface area contributed by atoms with Crippen LogP contribution in [-0.4, -0.2) is 62.1 Å². The molecule has 2 aliphatic heterocycles. The molecule has 42 heavy (non-hydrogen) atoms. The normalized spacial score (nSPS) is 18.6. The van der Waals surface area contributed by atoms with E-state index in [2.05, 4.69) is 15.3 Å². The molecule has 0 radical (unpaired) electrons. The Morgan fingerprint density at radius 1 is 1.19 bits per heavy atom. The molecule has 3 aromatic heterocycles. The third-order valence-electron chi connectivity index (χ3n) is 7.44. The molecular formula is C28H26F3N7O4. The molecule has 0 bridgehead atoms. The highest BCUT2D eigenvalue weighted by Gasteiger charge is 2.40. The van der Waals surface area contributed by atoms with Gasteiger partial charge in [-0.25, -0.2) is 19.7 Å². The van der Waals surface area contributed by atoms with Crippen molar-refractivity contribution in [1.82, 2.24) is 24.3 Å². The van der Waals surface area contributed by atoms with Crippen molar-refractivity contribution < 1.29 is 32.2 Å². The van der Waals surface area contributed by atoms with Gasteiger partial charge in [0.1, 0.15) is 41.0 Å². The Morgan fingerprint density at radius 3 is 2.81 bits per heavy atom. The highest BCUT2D eigenvalue weighted by atomic mass is 19.4. The Bertz CT molecular complexity index is 1690. The number of carbonyl (C=O) groups excluding carboxylic acids is 2. The van der Waals surface area contributed by atoms with Crippen molar-refractivity contribution in [1.29, 1.82) is 0 Å². The number of nitrogens with two attached hydrogens (primary N) is 1. The number of fused-ring (bicyclic) bond motifs is 2. The van der Waals surface area contributed by atoms with Crippen molar-refractivity contribution in [3.8, 4) is 17.0 Å². The summed E-state index contributed by atoms with van der Waals surface area (Å²) in [7, 11) is 0. The SMILES string of the molecule is CCOc1cc(C(=O)Nc2cc(C(F)(F)F)ccn2)ccc1-c1nc(C2CC[C@@H]3COC(=O)N3C2)n2ccnc(N)c12. The van der Waals surface area contributed by atoms with Gasteiger partial charge in [0.2, 0.25) is 0 Å². The number of piperidine rings is 1. The van der Waals surface area contributed by atoms with Crippen molar-refractivity contribution >= 4 is 29.2 Å². The van der Waals surface area contributed by atoms with Crippen molar-refractivity contribution in [3.63, 3.8) is 0 Å². The van der Waals surface area contributed by atoms with E-state index in [1.54, 1.807) is 30.3 Å². The first-order valence-electron chi connectivity index (χ1n) is 13.3. The number of nitrogen functional groups attached to an aromatic ring is 1. The fourth-order valence-corrected chi connectivity index (χ4v) is 5.45. The molecule has 3 N–H and O–H groups in total. The molecule has 218 valence electrons. The van der Waals surface area contributed by atoms with E-state index in [0.29, 0.717) is 41.5 Å². The molecule has 5 heterocycles. The van der Waals surface area contributed by atoms with Crippen LogP contribution in [0.15, 0.2) is 48.9 Å². The van der Waals surface area contributed by atoms with Gasteiger partial charge in [0.05, 0.1) is 18.2 Å². The number of nitrogens with zero attached hydrogens (tertiary/aromatic N) is 5. The van der Waals surface area contributed by atoms with E-state index in [1.807, 2.05) is 4.40 Å². The Kier molecular flexibility index (Phi) is 6.83. The summed E-state index contributed by atoms with van der Waals surface area (Å²) in [4.78, 5) is 40.0. The lowest BCUT2D eigenvalue weighted by Crippen LogP contribution is -2.41. The largest absolute Gasteiger partial charge is 0.493 e. The van der Waals surface area contributed by atoms with Gasteiger partial charge in [-0.15, -0.1) is 0 Å². The molecule has 2 atom stereocenters. The Balaban J connectivity index is 1.36. The maximum atomic E-state index is 13.1. The number of amides is 2. The van der Waals surface area contributed by atoms with Crippen LogP contribution >= 0.6 is 0 Å². The lowest BCUT2D eigenvalue weighted by Gasteiger charge is -2.31. The van der Waals surface area contributed by atoms with Crippen LogP contribution in [0.2, 0.25) is 0 Å². The van der Waals surface area contributed by atoms with Crippen LogP contribution in [0.25, 0.3) is 16.8 Å². The summed E-state index contributed by atoms with van der Waals surface area (Å²) in [6.07, 6.45) is 0.968. The van der Waals surface area contributed by atoms with E-state index in [4.69, 9.17) is 20.2 Å². The van der Waals surface area contributed by atoms with Gasteiger partial charge in [-0.2, -0.15) is 13.2 Å². The van der Waals surface area contributed by atoms with E-state index < -0.39 is 17.6 Å². The van der Waals surface area contributed by atoms with Crippen LogP contribution in [0.5, 0.6) is 5.75 Å². The van der Waals surface area contributed by atoms with Gasteiger partial charge in [0.15, 0.2) is 0 Å². The van der Waals surface area contributed by atoms with Gasteiger partial charge in [0.25, 0.3) is 5.91 Å². The topological polar surface area (TPSA) is 137 Å². The first kappa shape index (κ1) is 27.3. The average Bonchev–Trinajstić information content (AvgIpc) is 3.54. The molecular weight excluding hydrogens is 555 g/mol. The van der Waals surface area contributed by atoms with Crippen LogP contribution in [-0.2, 0) is 10.9 Å². The zero-order chi connectivity index (χ0) is 29.6. The first-order chi connectivity index (χ1) is 20.1. The number of hydrogen-bond donors (Lipinski definition) is 2. The van der Waals surface area contributed by atoms with Crippen molar-refractivity contribution in [2.75, 3.05) is 30.8 Å². The van der Waals surface area contributed by atoms with Gasteiger partial charge in [-0.05, 0) is 50.1 Å². The predicted octanol–water partition coefficient (Wildman–Crippen LogP) is 4.74. The predicted molar refractivity (Wildman–Crippen MR) is 145 cm³/mol. The van der Waals surface area contributed by atoms with Crippen LogP contribution in [0, 0.1) is 0 Å². The summed E-state index contributed by atoms with van der Waals surface area (Å²) in [5, 5.41) is 2.41. The average molecular weight is 582 g/mol. The molecule has 2 amide bonds. The van der Waals surface area contributed by atoms with E-state index in [0.717, 1.165) is 31.2 Å². The van der Waals surface area contributed by atoms with Gasteiger partial charge in [-0.1, -0.05) is 0 Å². The van der Waals surface area contributed by atoms with Crippen molar-refractivity contribution in [3.05, 3.63) is 65.9 Å². The Morgan fingerprint density at radius 2 is 2.02 bits per heavy atom. The molecule has 0 saturated carbocycles. The summed E-state index contributed by atoms with van der Waals surface area (Å²) in [6.45, 7) is 2.88. The number of anilines is 2. The number of benzene rings is 1. The van der Waals surface area contributed by atoms with Crippen LogP contribution in [0.1, 0.15) is 47.4 Å². The lowest BCUT2D eigenvalue weighted by molar-refractivity contribution is -0.137. The number of hydrogen-bond acceptors (Lipinski definition) is 8. The number of aromatic nitrogens is 4. The quantitative estimate of drug-likeness (QED) is 0.333. The summed E-state index contributed by atoms with van der Waals surface area (Å²) in [5.41, 5.74) is 7.11. The number of alkyl halides is 3. The molecule has 14 heteroatoms. The second kappa shape index (κ2) is 10.5. The monoisotopic (exact) mass is 581 g/mol. The van der Waals surface area contributed by atoms with Crippen molar-refractivity contribution in [2.24, 2.45) is 0 Å². The van der Waals surface area contributed by atoms with E-state index in [-0.39, 0.29) is 41.9 Å². The molecule has 11 nitrogen and oxygen atoms in total. The Labute approximate surface area is 237 Å². The van der Waals surface area contributed by atoms with Gasteiger partial charge in [-0.3, -0.25) is 9.20 Å². The van der Waals surface area contributed by atoms with Crippen LogP contribution < -0.4 is 15.8 Å². The summed E-state index contributed by atoms with van der Waals surface area (Å²) < 4.78 is 52.3. The summed E-state index contributed by atoms with van der Waals surface area (Å²) >= 11 is 0. The number of cyclic esters (lactones) is 1. The number of ether oxygens (including phenoxy) is 2. The summed E-state index contributed by atoms with van der Waals surface area (Å²) in [5.74, 6) is 0.268. The number of carbonyl (C=O) groups is 2. The van der Waals surface area contributed by atoms with Gasteiger partial charge in [0, 0.05) is 42.2 Å². The minimum Gasteiger partial charge on any atom is -0.493 e. The first-order valence-corrected chi connectivity index (χ1v) is 13.3. The van der Waals surface area contributed by atoms with Gasteiger partial charge < -0.3 is 25.4 Å². The lowest BCUT2D eigenvalue weighted by atomic mass is 9.93. The third-order valence-corrected chi connectivity index (χ3v) is 7.44. The van der Waals surface area contributed by atoms with E-state index in [1.165, 1.54) is 12.1 Å².